The third-order valence-electron chi connectivity index (χ3n) is 1.64. The molecule has 0 aliphatic carbocycles. The van der Waals surface area contributed by atoms with Gasteiger partial charge in [-0.15, -0.1) is 0 Å². The zero-order valence-electron chi connectivity index (χ0n) is 8.40. The summed E-state index contributed by atoms with van der Waals surface area (Å²) in [5.74, 6) is 0.142. The van der Waals surface area contributed by atoms with Gasteiger partial charge >= 0.3 is 0 Å². The molecule has 0 amide bonds. The first-order valence-electron chi connectivity index (χ1n) is 4.59. The van der Waals surface area contributed by atoms with Crippen molar-refractivity contribution in [1.29, 1.82) is 0 Å². The lowest BCUT2D eigenvalue weighted by molar-refractivity contribution is 0.199. The number of allylic oxidation sites excluding steroid dienone is 3. The summed E-state index contributed by atoms with van der Waals surface area (Å²) in [5, 5.41) is 0. The fourth-order valence-electron chi connectivity index (χ4n) is 1.09. The maximum Gasteiger partial charge on any atom is 0.124 e. The molecule has 0 saturated heterocycles. The average molecular weight is 184 g/mol. The fraction of sp³-hybridized carbons (Fsp3) is 0.455. The quantitative estimate of drug-likeness (QED) is 0.635. The number of ether oxygens (including phenoxy) is 1. The Labute approximate surface area is 79.6 Å². The fourth-order valence-corrected chi connectivity index (χ4v) is 1.09. The van der Waals surface area contributed by atoms with Crippen LogP contribution in [-0.2, 0) is 4.74 Å². The highest BCUT2D eigenvalue weighted by Crippen LogP contribution is 2.25. The summed E-state index contributed by atoms with van der Waals surface area (Å²) in [6, 6.07) is 0. The molecule has 0 atom stereocenters. The van der Waals surface area contributed by atoms with E-state index >= 15 is 0 Å². The molecule has 0 aromatic rings. The molecule has 1 rings (SSSR count). The van der Waals surface area contributed by atoms with E-state index in [1.807, 2.05) is 13.8 Å². The molecule has 1 aliphatic heterocycles. The molecule has 1 heterocycles. The van der Waals surface area contributed by atoms with Crippen molar-refractivity contribution in [2.24, 2.45) is 0 Å². The highest BCUT2D eigenvalue weighted by atomic mass is 19.1. The van der Waals surface area contributed by atoms with Gasteiger partial charge in [-0.05, 0) is 18.9 Å². The standard InChI is InChI=1S/C9H11FO.C2H6/c1-3-9-8(7(2)10)5-4-6-11-9;1-2/h3H,1-2,4-6H2;1-2H3. The summed E-state index contributed by atoms with van der Waals surface area (Å²) >= 11 is 0. The minimum absolute atomic E-state index is 0.403. The molecule has 1 nitrogen and oxygen atoms in total. The smallest absolute Gasteiger partial charge is 0.124 e. The van der Waals surface area contributed by atoms with Crippen LogP contribution >= 0.6 is 0 Å². The van der Waals surface area contributed by atoms with Gasteiger partial charge in [0.05, 0.1) is 6.61 Å². The van der Waals surface area contributed by atoms with Crippen LogP contribution in [0, 0.1) is 0 Å². The van der Waals surface area contributed by atoms with Crippen LogP contribution in [0.5, 0.6) is 0 Å². The molecule has 0 radical (unpaired) electrons. The van der Waals surface area contributed by atoms with Crippen LogP contribution in [-0.4, -0.2) is 6.61 Å². The second-order valence-electron chi connectivity index (χ2n) is 2.40. The lowest BCUT2D eigenvalue weighted by Crippen LogP contribution is -2.05. The Morgan fingerprint density at radius 1 is 1.54 bits per heavy atom. The Morgan fingerprint density at radius 3 is 2.54 bits per heavy atom. The van der Waals surface area contributed by atoms with E-state index in [9.17, 15) is 4.39 Å². The highest BCUT2D eigenvalue weighted by molar-refractivity contribution is 5.32. The molecule has 13 heavy (non-hydrogen) atoms. The second kappa shape index (κ2) is 6.46. The first-order chi connectivity index (χ1) is 6.25. The summed E-state index contributed by atoms with van der Waals surface area (Å²) in [5.41, 5.74) is 0.561. The Hall–Kier alpha value is -1.05. The summed E-state index contributed by atoms with van der Waals surface area (Å²) in [6.07, 6.45) is 3.09. The molecule has 0 aromatic carbocycles. The van der Waals surface area contributed by atoms with Crippen LogP contribution in [0.2, 0.25) is 0 Å². The molecule has 2 heteroatoms. The van der Waals surface area contributed by atoms with Crippen molar-refractivity contribution < 1.29 is 9.13 Å². The van der Waals surface area contributed by atoms with Crippen molar-refractivity contribution in [2.45, 2.75) is 26.7 Å². The van der Waals surface area contributed by atoms with Crippen molar-refractivity contribution in [1.82, 2.24) is 0 Å². The number of halogens is 1. The monoisotopic (exact) mass is 184 g/mol. The van der Waals surface area contributed by atoms with E-state index in [1.165, 1.54) is 6.08 Å². The normalized spacial score (nSPS) is 15.3. The van der Waals surface area contributed by atoms with Gasteiger partial charge in [-0.1, -0.05) is 27.0 Å². The zero-order chi connectivity index (χ0) is 10.3. The molecule has 1 aliphatic rings. The first kappa shape index (κ1) is 11.9. The zero-order valence-corrected chi connectivity index (χ0v) is 8.40. The van der Waals surface area contributed by atoms with Crippen molar-refractivity contribution in [3.63, 3.8) is 0 Å². The maximum atomic E-state index is 12.6. The van der Waals surface area contributed by atoms with Crippen LogP contribution in [0.4, 0.5) is 4.39 Å². The second-order valence-corrected chi connectivity index (χ2v) is 2.40. The Kier molecular flexibility index (Phi) is 5.94. The van der Waals surface area contributed by atoms with Crippen molar-refractivity contribution in [2.75, 3.05) is 6.61 Å². The van der Waals surface area contributed by atoms with Crippen LogP contribution in [0.3, 0.4) is 0 Å². The molecular weight excluding hydrogens is 167 g/mol. The molecule has 0 N–H and O–H groups in total. The number of hydrogen-bond acceptors (Lipinski definition) is 1. The minimum atomic E-state index is -0.403. The average Bonchev–Trinajstić information content (AvgIpc) is 2.20. The molecule has 0 aromatic heterocycles. The molecule has 0 spiro atoms. The summed E-state index contributed by atoms with van der Waals surface area (Å²) in [4.78, 5) is 0. The molecule has 74 valence electrons. The highest BCUT2D eigenvalue weighted by Gasteiger charge is 2.13. The van der Waals surface area contributed by atoms with E-state index < -0.39 is 5.83 Å². The molecular formula is C11H17FO. The Balaban J connectivity index is 0.000000671. The predicted octanol–water partition coefficient (Wildman–Crippen LogP) is 3.75. The van der Waals surface area contributed by atoms with Crippen LogP contribution < -0.4 is 0 Å². The van der Waals surface area contributed by atoms with E-state index in [-0.39, 0.29) is 0 Å². The molecule has 0 saturated carbocycles. The number of hydrogen-bond donors (Lipinski definition) is 0. The van der Waals surface area contributed by atoms with E-state index in [2.05, 4.69) is 13.2 Å². The van der Waals surface area contributed by atoms with Crippen LogP contribution in [0.15, 0.2) is 36.4 Å². The molecule has 0 fully saturated rings. The molecule has 0 bridgehead atoms. The van der Waals surface area contributed by atoms with Gasteiger partial charge in [0.2, 0.25) is 0 Å². The molecule has 0 unspecified atom stereocenters. The van der Waals surface area contributed by atoms with Gasteiger partial charge in [0.25, 0.3) is 0 Å². The predicted molar refractivity (Wildman–Crippen MR) is 54.0 cm³/mol. The van der Waals surface area contributed by atoms with E-state index in [0.29, 0.717) is 24.4 Å². The SMILES string of the molecule is C=CC1=C(C(=C)F)CCCO1.CC. The Bertz CT molecular complexity index is 216. The van der Waals surface area contributed by atoms with E-state index in [4.69, 9.17) is 4.74 Å². The third-order valence-corrected chi connectivity index (χ3v) is 1.64. The van der Waals surface area contributed by atoms with Gasteiger partial charge in [-0.2, -0.15) is 0 Å². The summed E-state index contributed by atoms with van der Waals surface area (Å²) in [6.45, 7) is 11.4. The maximum absolute atomic E-state index is 12.6. The van der Waals surface area contributed by atoms with Crippen LogP contribution in [0.25, 0.3) is 0 Å². The first-order valence-corrected chi connectivity index (χ1v) is 4.59. The topological polar surface area (TPSA) is 9.23 Å². The Morgan fingerprint density at radius 2 is 2.15 bits per heavy atom. The van der Waals surface area contributed by atoms with Gasteiger partial charge < -0.3 is 4.74 Å². The van der Waals surface area contributed by atoms with Gasteiger partial charge in [0, 0.05) is 5.57 Å². The third kappa shape index (κ3) is 3.45. The van der Waals surface area contributed by atoms with Crippen molar-refractivity contribution >= 4 is 0 Å². The van der Waals surface area contributed by atoms with Crippen LogP contribution in [0.1, 0.15) is 26.7 Å². The lowest BCUT2D eigenvalue weighted by Gasteiger charge is -2.17. The van der Waals surface area contributed by atoms with Gasteiger partial charge in [-0.25, -0.2) is 4.39 Å². The van der Waals surface area contributed by atoms with Gasteiger partial charge in [0.1, 0.15) is 11.6 Å². The lowest BCUT2D eigenvalue weighted by atomic mass is 10.1. The largest absolute Gasteiger partial charge is 0.493 e. The van der Waals surface area contributed by atoms with E-state index in [1.54, 1.807) is 0 Å². The van der Waals surface area contributed by atoms with Gasteiger partial charge in [-0.3, -0.25) is 0 Å². The van der Waals surface area contributed by atoms with E-state index in [0.717, 1.165) is 6.42 Å². The van der Waals surface area contributed by atoms with Crippen molar-refractivity contribution in [3.8, 4) is 0 Å². The number of rotatable bonds is 2. The van der Waals surface area contributed by atoms with Crippen molar-refractivity contribution in [3.05, 3.63) is 36.4 Å². The van der Waals surface area contributed by atoms with Gasteiger partial charge in [0.15, 0.2) is 0 Å². The minimum Gasteiger partial charge on any atom is -0.493 e. The summed E-state index contributed by atoms with van der Waals surface area (Å²) < 4.78 is 17.8. The summed E-state index contributed by atoms with van der Waals surface area (Å²) in [7, 11) is 0.